The summed E-state index contributed by atoms with van der Waals surface area (Å²) in [6.07, 6.45) is 71.9. The van der Waals surface area contributed by atoms with E-state index in [2.05, 4.69) is 55.6 Å². The van der Waals surface area contributed by atoms with Crippen LogP contribution in [-0.4, -0.2) is 68.5 Å². The smallest absolute Gasteiger partial charge is 0.268 e. The molecule has 0 aromatic rings. The minimum atomic E-state index is -4.60. The van der Waals surface area contributed by atoms with Crippen LogP contribution < -0.4 is 10.2 Å². The number of aliphatic hydroxyl groups excluding tert-OH is 1. The van der Waals surface area contributed by atoms with E-state index in [-0.39, 0.29) is 19.1 Å². The first kappa shape index (κ1) is 70.5. The molecule has 0 heterocycles. The molecule has 0 spiro atoms. The number of rotatable bonds is 57. The molecule has 1 amide bonds. The number of carbonyl (C=O) groups is 1. The van der Waals surface area contributed by atoms with Gasteiger partial charge >= 0.3 is 0 Å². The van der Waals surface area contributed by atoms with E-state index >= 15 is 0 Å². The number of aliphatic hydroxyl groups is 1. The second kappa shape index (κ2) is 54.3. The monoisotopic (exact) mass is 1030 g/mol. The number of nitrogens with one attached hydrogen (secondary N) is 1. The van der Waals surface area contributed by atoms with E-state index < -0.39 is 20.0 Å². The second-order valence-corrected chi connectivity index (χ2v) is 23.8. The zero-order valence-corrected chi connectivity index (χ0v) is 49.3. The molecule has 0 fully saturated rings. The number of phosphoric ester groups is 1. The molecule has 0 radical (unpaired) electrons. The number of unbranched alkanes of at least 4 members (excludes halogenated alkanes) is 38. The number of phosphoric acid groups is 1. The molecule has 8 nitrogen and oxygen atoms in total. The third-order valence-electron chi connectivity index (χ3n) is 14.0. The van der Waals surface area contributed by atoms with Crippen LogP contribution in [0.1, 0.15) is 296 Å². The van der Waals surface area contributed by atoms with Crippen molar-refractivity contribution in [1.29, 1.82) is 0 Å². The highest BCUT2D eigenvalue weighted by molar-refractivity contribution is 7.45. The molecule has 0 saturated heterocycles. The van der Waals surface area contributed by atoms with Crippen LogP contribution in [0.4, 0.5) is 0 Å². The number of hydrogen-bond donors (Lipinski definition) is 2. The zero-order chi connectivity index (χ0) is 52.7. The lowest BCUT2D eigenvalue weighted by atomic mass is 10.0. The predicted molar refractivity (Wildman–Crippen MR) is 311 cm³/mol. The standard InChI is InChI=1S/C63H121N2O6P/c1-6-8-10-12-14-16-18-20-22-24-26-28-30-31-32-33-35-37-39-41-43-45-47-49-51-53-55-57-63(67)64-61(60-71-72(68,69)70-59-58-65(3,4)5)62(66)56-54-52-50-48-46-44-42-40-38-36-34-29-27-25-23-21-19-17-15-13-11-9-7-2/h18,20,24,26,30-31,54,56,61-62,66H,6-17,19,21-23,25,27-29,32-53,55,57-60H2,1-5H3,(H-,64,67,68,69)/b20-18-,26-24-,31-30-,56-54+. The molecule has 72 heavy (non-hydrogen) atoms. The molecular formula is C63H121N2O6P. The summed E-state index contributed by atoms with van der Waals surface area (Å²) in [6.45, 7) is 4.67. The molecule has 3 atom stereocenters. The Bertz CT molecular complexity index is 1310. The van der Waals surface area contributed by atoms with Crippen molar-refractivity contribution in [2.24, 2.45) is 0 Å². The molecule has 2 N–H and O–H groups in total. The van der Waals surface area contributed by atoms with E-state index in [0.29, 0.717) is 17.4 Å². The van der Waals surface area contributed by atoms with E-state index in [1.807, 2.05) is 27.2 Å². The summed E-state index contributed by atoms with van der Waals surface area (Å²) in [5.41, 5.74) is 0. The zero-order valence-electron chi connectivity index (χ0n) is 48.4. The van der Waals surface area contributed by atoms with Gasteiger partial charge in [0.2, 0.25) is 5.91 Å². The molecule has 0 aliphatic carbocycles. The van der Waals surface area contributed by atoms with Crippen LogP contribution >= 0.6 is 7.82 Å². The van der Waals surface area contributed by atoms with Crippen molar-refractivity contribution >= 4 is 13.7 Å². The lowest BCUT2D eigenvalue weighted by Gasteiger charge is -2.29. The van der Waals surface area contributed by atoms with Gasteiger partial charge in [0.1, 0.15) is 13.2 Å². The van der Waals surface area contributed by atoms with E-state index in [9.17, 15) is 19.4 Å². The van der Waals surface area contributed by atoms with Crippen molar-refractivity contribution in [2.75, 3.05) is 40.9 Å². The second-order valence-electron chi connectivity index (χ2n) is 22.4. The molecule has 424 valence electrons. The number of nitrogens with zero attached hydrogens (tertiary/aromatic N) is 1. The Morgan fingerprint density at radius 1 is 0.486 bits per heavy atom. The topological polar surface area (TPSA) is 108 Å². The lowest BCUT2D eigenvalue weighted by Crippen LogP contribution is -2.45. The van der Waals surface area contributed by atoms with Crippen molar-refractivity contribution in [1.82, 2.24) is 5.32 Å². The summed E-state index contributed by atoms with van der Waals surface area (Å²) in [5, 5.41) is 13.9. The SMILES string of the molecule is CCCCCCC/C=C\C/C=C\C/C=C\CCCCCCCCCCCCCCC(=O)NC(COP(=O)([O-])OCC[N+](C)(C)C)C(O)/C=C/CCCCCCCCCCCCCCCCCCCCCCC. The van der Waals surface area contributed by atoms with Crippen LogP contribution in [0.15, 0.2) is 48.6 Å². The van der Waals surface area contributed by atoms with Gasteiger partial charge in [-0.25, -0.2) is 0 Å². The van der Waals surface area contributed by atoms with Gasteiger partial charge < -0.3 is 28.8 Å². The average molecular weight is 1030 g/mol. The first-order valence-electron chi connectivity index (χ1n) is 31.0. The van der Waals surface area contributed by atoms with Crippen LogP contribution in [0, 0.1) is 0 Å². The van der Waals surface area contributed by atoms with Crippen LogP contribution in [0.25, 0.3) is 0 Å². The summed E-state index contributed by atoms with van der Waals surface area (Å²) in [6, 6.07) is -0.889. The summed E-state index contributed by atoms with van der Waals surface area (Å²) >= 11 is 0. The molecule has 0 bridgehead atoms. The Labute approximate surface area is 448 Å². The molecule has 0 rings (SSSR count). The van der Waals surface area contributed by atoms with Crippen LogP contribution in [0.2, 0.25) is 0 Å². The Morgan fingerprint density at radius 3 is 1.17 bits per heavy atom. The van der Waals surface area contributed by atoms with E-state index in [1.165, 1.54) is 225 Å². The highest BCUT2D eigenvalue weighted by Gasteiger charge is 2.23. The fourth-order valence-corrected chi connectivity index (χ4v) is 9.89. The van der Waals surface area contributed by atoms with Gasteiger partial charge in [0.15, 0.2) is 0 Å². The minimum absolute atomic E-state index is 0.00151. The summed E-state index contributed by atoms with van der Waals surface area (Å²) in [7, 11) is 1.27. The van der Waals surface area contributed by atoms with Crippen LogP contribution in [0.3, 0.4) is 0 Å². The molecule has 0 aliphatic heterocycles. The van der Waals surface area contributed by atoms with Crippen LogP contribution in [-0.2, 0) is 18.4 Å². The maximum absolute atomic E-state index is 13.0. The predicted octanol–water partition coefficient (Wildman–Crippen LogP) is 18.5. The Kier molecular flexibility index (Phi) is 53.1. The summed E-state index contributed by atoms with van der Waals surface area (Å²) < 4.78 is 23.4. The highest BCUT2D eigenvalue weighted by Crippen LogP contribution is 2.38. The molecule has 3 unspecified atom stereocenters. The van der Waals surface area contributed by atoms with Crippen molar-refractivity contribution in [3.8, 4) is 0 Å². The van der Waals surface area contributed by atoms with E-state index in [0.717, 1.165) is 51.4 Å². The largest absolute Gasteiger partial charge is 0.756 e. The number of quaternary nitrogens is 1. The molecule has 9 heteroatoms. The van der Waals surface area contributed by atoms with Crippen molar-refractivity contribution in [2.45, 2.75) is 309 Å². The quantitative estimate of drug-likeness (QED) is 0.0272. The molecule has 0 aromatic heterocycles. The average Bonchev–Trinajstić information content (AvgIpc) is 3.34. The van der Waals surface area contributed by atoms with Gasteiger partial charge in [0, 0.05) is 6.42 Å². The van der Waals surface area contributed by atoms with Gasteiger partial charge in [-0.15, -0.1) is 0 Å². The fraction of sp³-hybridized carbons (Fsp3) is 0.857. The number of allylic oxidation sites excluding steroid dienone is 7. The Balaban J connectivity index is 4.17. The molecule has 0 aromatic carbocycles. The summed E-state index contributed by atoms with van der Waals surface area (Å²) in [5.74, 6) is -0.197. The molecular weight excluding hydrogens is 912 g/mol. The third kappa shape index (κ3) is 56.2. The first-order chi connectivity index (χ1) is 35.0. The highest BCUT2D eigenvalue weighted by atomic mass is 31.2. The van der Waals surface area contributed by atoms with Crippen molar-refractivity contribution < 1.29 is 32.9 Å². The maximum Gasteiger partial charge on any atom is 0.268 e. The van der Waals surface area contributed by atoms with E-state index in [4.69, 9.17) is 9.05 Å². The molecule has 0 aliphatic rings. The number of carbonyl (C=O) groups excluding carboxylic acids is 1. The van der Waals surface area contributed by atoms with Gasteiger partial charge in [-0.05, 0) is 57.8 Å². The minimum Gasteiger partial charge on any atom is -0.756 e. The van der Waals surface area contributed by atoms with Gasteiger partial charge in [-0.1, -0.05) is 281 Å². The van der Waals surface area contributed by atoms with Gasteiger partial charge in [-0.2, -0.15) is 0 Å². The maximum atomic E-state index is 13.0. The van der Waals surface area contributed by atoms with Gasteiger partial charge in [0.05, 0.1) is 39.9 Å². The normalized spacial score (nSPS) is 14.2. The first-order valence-corrected chi connectivity index (χ1v) is 32.5. The fourth-order valence-electron chi connectivity index (χ4n) is 9.16. The number of likely N-dealkylation sites (N-methyl/N-ethyl adjacent to an activating group) is 1. The van der Waals surface area contributed by atoms with E-state index in [1.54, 1.807) is 6.08 Å². The summed E-state index contributed by atoms with van der Waals surface area (Å²) in [4.78, 5) is 25.6. The van der Waals surface area contributed by atoms with Crippen LogP contribution in [0.5, 0.6) is 0 Å². The number of hydrogen-bond acceptors (Lipinski definition) is 6. The molecule has 0 saturated carbocycles. The Hall–Kier alpha value is -1.54. The van der Waals surface area contributed by atoms with Gasteiger partial charge in [-0.3, -0.25) is 9.36 Å². The Morgan fingerprint density at radius 2 is 0.806 bits per heavy atom. The third-order valence-corrected chi connectivity index (χ3v) is 15.0. The number of amides is 1. The van der Waals surface area contributed by atoms with Crippen molar-refractivity contribution in [3.05, 3.63) is 48.6 Å². The van der Waals surface area contributed by atoms with Gasteiger partial charge in [0.25, 0.3) is 7.82 Å². The van der Waals surface area contributed by atoms with Crippen molar-refractivity contribution in [3.63, 3.8) is 0 Å². The lowest BCUT2D eigenvalue weighted by molar-refractivity contribution is -0.870.